The fourth-order valence-corrected chi connectivity index (χ4v) is 5.90. The summed E-state index contributed by atoms with van der Waals surface area (Å²) in [7, 11) is 2.18. The van der Waals surface area contributed by atoms with Gasteiger partial charge in [-0.2, -0.15) is 0 Å². The SMILES string of the molecule is Cc1cccc2c1N(B1c3ccccc3C(C)(C)c3ccccc31)c1ccccc1N2C. The van der Waals surface area contributed by atoms with E-state index < -0.39 is 0 Å². The van der Waals surface area contributed by atoms with Gasteiger partial charge in [0, 0.05) is 12.5 Å². The lowest BCUT2D eigenvalue weighted by Gasteiger charge is -2.47. The first-order valence-corrected chi connectivity index (χ1v) is 11.4. The first-order valence-electron chi connectivity index (χ1n) is 11.4. The minimum Gasteiger partial charge on any atom is -0.373 e. The van der Waals surface area contributed by atoms with Gasteiger partial charge in [-0.3, -0.25) is 0 Å². The van der Waals surface area contributed by atoms with Crippen molar-refractivity contribution in [3.8, 4) is 0 Å². The second kappa shape index (κ2) is 6.77. The number of hydrogen-bond donors (Lipinski definition) is 0. The van der Waals surface area contributed by atoms with Crippen molar-refractivity contribution in [3.05, 3.63) is 108 Å². The van der Waals surface area contributed by atoms with Crippen molar-refractivity contribution in [1.29, 1.82) is 0 Å². The van der Waals surface area contributed by atoms with Crippen LogP contribution in [0.25, 0.3) is 0 Å². The Bertz CT molecular complexity index is 1310. The number of anilines is 4. The van der Waals surface area contributed by atoms with Gasteiger partial charge in [-0.1, -0.05) is 86.6 Å². The summed E-state index contributed by atoms with van der Waals surface area (Å²) in [6.07, 6.45) is 0. The molecule has 2 aliphatic rings. The Kier molecular flexibility index (Phi) is 4.07. The molecule has 156 valence electrons. The van der Waals surface area contributed by atoms with Gasteiger partial charge in [-0.15, -0.1) is 0 Å². The highest BCUT2D eigenvalue weighted by molar-refractivity contribution is 6.90. The summed E-state index contributed by atoms with van der Waals surface area (Å²) in [6.45, 7) is 7.07. The predicted molar refractivity (Wildman–Crippen MR) is 138 cm³/mol. The molecule has 2 heterocycles. The third kappa shape index (κ3) is 2.48. The fraction of sp³-hybridized carbons (Fsp3) is 0.172. The van der Waals surface area contributed by atoms with E-state index in [-0.39, 0.29) is 12.3 Å². The number of fused-ring (bicyclic) bond motifs is 4. The largest absolute Gasteiger partial charge is 0.373 e. The molecular formula is C29H27BN2. The number of aryl methyl sites for hydroxylation is 1. The van der Waals surface area contributed by atoms with Crippen LogP contribution in [0.15, 0.2) is 91.0 Å². The maximum absolute atomic E-state index is 2.59. The minimum absolute atomic E-state index is 0.0374. The Morgan fingerprint density at radius 1 is 0.625 bits per heavy atom. The molecule has 6 rings (SSSR count). The molecule has 0 aromatic heterocycles. The molecule has 0 unspecified atom stereocenters. The Balaban J connectivity index is 1.72. The third-order valence-electron chi connectivity index (χ3n) is 7.44. The molecule has 0 N–H and O–H groups in total. The van der Waals surface area contributed by atoms with Crippen LogP contribution in [0.3, 0.4) is 0 Å². The zero-order valence-corrected chi connectivity index (χ0v) is 19.1. The van der Waals surface area contributed by atoms with Crippen LogP contribution >= 0.6 is 0 Å². The average molecular weight is 414 g/mol. The van der Waals surface area contributed by atoms with Gasteiger partial charge < -0.3 is 9.71 Å². The Morgan fingerprint density at radius 3 is 1.81 bits per heavy atom. The van der Waals surface area contributed by atoms with Gasteiger partial charge in [-0.25, -0.2) is 0 Å². The van der Waals surface area contributed by atoms with Gasteiger partial charge in [0.15, 0.2) is 0 Å². The molecule has 0 radical (unpaired) electrons. The Labute approximate surface area is 191 Å². The van der Waals surface area contributed by atoms with E-state index in [2.05, 4.69) is 129 Å². The first kappa shape index (κ1) is 19.2. The molecule has 2 aliphatic heterocycles. The third-order valence-corrected chi connectivity index (χ3v) is 7.44. The first-order chi connectivity index (χ1) is 15.5. The number of para-hydroxylation sites is 3. The zero-order valence-electron chi connectivity index (χ0n) is 19.1. The molecule has 32 heavy (non-hydrogen) atoms. The van der Waals surface area contributed by atoms with Crippen LogP contribution in [-0.4, -0.2) is 13.9 Å². The van der Waals surface area contributed by atoms with Crippen molar-refractivity contribution < 1.29 is 0 Å². The predicted octanol–water partition coefficient (Wildman–Crippen LogP) is 5.66. The van der Waals surface area contributed by atoms with Crippen molar-refractivity contribution >= 4 is 40.5 Å². The molecular weight excluding hydrogens is 387 g/mol. The fourth-order valence-electron chi connectivity index (χ4n) is 5.90. The standard InChI is InChI=1S/C29H27BN2/c1-20-12-11-19-27-28(20)32(26-18-10-9-17-25(26)31(27)4)30-23-15-7-5-13-21(23)29(2,3)22-14-6-8-16-24(22)30/h5-19H,1-4H3. The van der Waals surface area contributed by atoms with Gasteiger partial charge in [0.05, 0.1) is 22.7 Å². The van der Waals surface area contributed by atoms with Crippen LogP contribution in [0.5, 0.6) is 0 Å². The van der Waals surface area contributed by atoms with Gasteiger partial charge in [0.2, 0.25) is 0 Å². The summed E-state index contributed by atoms with van der Waals surface area (Å²) < 4.78 is 0. The Hall–Kier alpha value is -3.46. The lowest BCUT2D eigenvalue weighted by atomic mass is 9.40. The van der Waals surface area contributed by atoms with Gasteiger partial charge in [0.25, 0.3) is 0 Å². The average Bonchev–Trinajstić information content (AvgIpc) is 2.82. The minimum atomic E-state index is -0.0374. The monoisotopic (exact) mass is 414 g/mol. The normalized spacial score (nSPS) is 15.6. The van der Waals surface area contributed by atoms with Gasteiger partial charge in [-0.05, 0) is 52.7 Å². The summed E-state index contributed by atoms with van der Waals surface area (Å²) in [5.41, 5.74) is 11.9. The van der Waals surface area contributed by atoms with Crippen molar-refractivity contribution in [3.63, 3.8) is 0 Å². The number of rotatable bonds is 1. The van der Waals surface area contributed by atoms with Crippen molar-refractivity contribution in [2.24, 2.45) is 0 Å². The molecule has 0 spiro atoms. The van der Waals surface area contributed by atoms with E-state index in [9.17, 15) is 0 Å². The second-order valence-corrected chi connectivity index (χ2v) is 9.56. The van der Waals surface area contributed by atoms with Gasteiger partial charge >= 0.3 is 6.85 Å². The number of nitrogens with zero attached hydrogens (tertiary/aromatic N) is 2. The summed E-state index contributed by atoms with van der Waals surface area (Å²) in [5, 5.41) is 0. The van der Waals surface area contributed by atoms with Crippen LogP contribution in [0.2, 0.25) is 0 Å². The molecule has 0 atom stereocenters. The van der Waals surface area contributed by atoms with E-state index in [0.29, 0.717) is 0 Å². The summed E-state index contributed by atoms with van der Waals surface area (Å²) in [5.74, 6) is 0. The molecule has 0 saturated carbocycles. The maximum Gasteiger partial charge on any atom is 0.328 e. The van der Waals surface area contributed by atoms with E-state index in [1.165, 1.54) is 50.4 Å². The molecule has 0 bridgehead atoms. The van der Waals surface area contributed by atoms with Gasteiger partial charge in [0.1, 0.15) is 0 Å². The van der Waals surface area contributed by atoms with E-state index in [4.69, 9.17) is 0 Å². The van der Waals surface area contributed by atoms with Crippen molar-refractivity contribution in [2.75, 3.05) is 16.8 Å². The van der Waals surface area contributed by atoms with E-state index in [1.54, 1.807) is 0 Å². The van der Waals surface area contributed by atoms with Crippen molar-refractivity contribution in [1.82, 2.24) is 0 Å². The molecule has 2 nitrogen and oxygen atoms in total. The highest BCUT2D eigenvalue weighted by atomic mass is 15.2. The lowest BCUT2D eigenvalue weighted by molar-refractivity contribution is 0.645. The van der Waals surface area contributed by atoms with Crippen LogP contribution in [0.1, 0.15) is 30.5 Å². The molecule has 0 aliphatic carbocycles. The molecule has 0 amide bonds. The van der Waals surface area contributed by atoms with E-state index in [0.717, 1.165) is 0 Å². The number of hydrogen-bond acceptors (Lipinski definition) is 2. The van der Waals surface area contributed by atoms with Crippen LogP contribution in [-0.2, 0) is 5.41 Å². The Morgan fingerprint density at radius 2 is 1.16 bits per heavy atom. The molecule has 0 saturated heterocycles. The molecule has 4 aromatic rings. The van der Waals surface area contributed by atoms with Crippen LogP contribution in [0, 0.1) is 6.92 Å². The topological polar surface area (TPSA) is 6.48 Å². The number of benzene rings is 4. The summed E-state index contributed by atoms with van der Waals surface area (Å²) in [4.78, 5) is 4.92. The highest BCUT2D eigenvalue weighted by Gasteiger charge is 2.45. The van der Waals surface area contributed by atoms with Crippen LogP contribution < -0.4 is 20.6 Å². The molecule has 4 aromatic carbocycles. The van der Waals surface area contributed by atoms with Crippen LogP contribution in [0.4, 0.5) is 22.7 Å². The molecule has 0 fully saturated rings. The smallest absolute Gasteiger partial charge is 0.328 e. The molecule has 3 heteroatoms. The van der Waals surface area contributed by atoms with E-state index >= 15 is 0 Å². The highest BCUT2D eigenvalue weighted by Crippen LogP contribution is 2.49. The van der Waals surface area contributed by atoms with Crippen molar-refractivity contribution in [2.45, 2.75) is 26.2 Å². The summed E-state index contributed by atoms with van der Waals surface area (Å²) in [6, 6.07) is 33.5. The summed E-state index contributed by atoms with van der Waals surface area (Å²) >= 11 is 0. The lowest BCUT2D eigenvalue weighted by Crippen LogP contribution is -2.63. The quantitative estimate of drug-likeness (QED) is 0.371. The zero-order chi connectivity index (χ0) is 22.0. The maximum atomic E-state index is 2.59. The van der Waals surface area contributed by atoms with E-state index in [1.807, 2.05) is 0 Å². The second-order valence-electron chi connectivity index (χ2n) is 9.56.